The van der Waals surface area contributed by atoms with Crippen LogP contribution in [0, 0.1) is 0 Å². The zero-order chi connectivity index (χ0) is 17.6. The van der Waals surface area contributed by atoms with Crippen LogP contribution in [0.25, 0.3) is 0 Å². The average Bonchev–Trinajstić information content (AvgIpc) is 3.00. The molecule has 2 rings (SSSR count). The molecule has 1 aromatic heterocycles. The molecule has 0 atom stereocenters. The lowest BCUT2D eigenvalue weighted by atomic mass is 10.2. The number of rotatable bonds is 10. The Balaban J connectivity index is 1.56. The van der Waals surface area contributed by atoms with Crippen molar-refractivity contribution >= 4 is 5.96 Å². The molecule has 0 aliphatic carbocycles. The lowest BCUT2D eigenvalue weighted by Crippen LogP contribution is -2.38. The Labute approximate surface area is 152 Å². The summed E-state index contributed by atoms with van der Waals surface area (Å²) in [6.45, 7) is 9.55. The predicted octanol–water partition coefficient (Wildman–Crippen LogP) is 1.88. The fraction of sp³-hybridized carbons (Fsp3) is 0.833. The average molecular weight is 350 g/mol. The number of likely N-dealkylation sites (tertiary alicyclic amines) is 1. The molecule has 0 unspecified atom stereocenters. The fourth-order valence-corrected chi connectivity index (χ4v) is 3.15. The van der Waals surface area contributed by atoms with E-state index < -0.39 is 0 Å². The molecule has 0 saturated carbocycles. The van der Waals surface area contributed by atoms with E-state index in [2.05, 4.69) is 32.7 Å². The van der Waals surface area contributed by atoms with E-state index in [1.807, 2.05) is 4.57 Å². The smallest absolute Gasteiger partial charge is 0.191 e. The van der Waals surface area contributed by atoms with Gasteiger partial charge in [-0.25, -0.2) is 0 Å². The fourth-order valence-electron chi connectivity index (χ4n) is 3.15. The largest absolute Gasteiger partial charge is 0.357 e. The number of nitrogens with one attached hydrogen (secondary N) is 2. The van der Waals surface area contributed by atoms with Crippen molar-refractivity contribution in [1.82, 2.24) is 30.3 Å². The summed E-state index contributed by atoms with van der Waals surface area (Å²) in [5.74, 6) is 0.947. The molecule has 2 heterocycles. The first-order chi connectivity index (χ1) is 12.4. The first-order valence-corrected chi connectivity index (χ1v) is 9.95. The van der Waals surface area contributed by atoms with Gasteiger partial charge in [0.2, 0.25) is 0 Å². The summed E-state index contributed by atoms with van der Waals surface area (Å²) >= 11 is 0. The molecule has 0 amide bonds. The van der Waals surface area contributed by atoms with E-state index >= 15 is 0 Å². The molecular formula is C18H35N7. The van der Waals surface area contributed by atoms with Crippen LogP contribution in [-0.2, 0) is 6.54 Å². The van der Waals surface area contributed by atoms with Crippen molar-refractivity contribution in [2.24, 2.45) is 4.99 Å². The van der Waals surface area contributed by atoms with Crippen molar-refractivity contribution in [3.63, 3.8) is 0 Å². The van der Waals surface area contributed by atoms with Gasteiger partial charge >= 0.3 is 0 Å². The summed E-state index contributed by atoms with van der Waals surface area (Å²) in [5, 5.41) is 14.4. The number of unbranched alkanes of at least 4 members (excludes halogenated alkanes) is 1. The van der Waals surface area contributed by atoms with Gasteiger partial charge in [0.25, 0.3) is 0 Å². The van der Waals surface area contributed by atoms with Crippen LogP contribution in [0.4, 0.5) is 0 Å². The second kappa shape index (κ2) is 12.7. The maximum absolute atomic E-state index is 4.71. The van der Waals surface area contributed by atoms with Gasteiger partial charge in [0.05, 0.1) is 0 Å². The van der Waals surface area contributed by atoms with Gasteiger partial charge in [-0.2, -0.15) is 0 Å². The lowest BCUT2D eigenvalue weighted by Gasteiger charge is -2.19. The Morgan fingerprint density at radius 2 is 1.72 bits per heavy atom. The summed E-state index contributed by atoms with van der Waals surface area (Å²) in [7, 11) is 0. The van der Waals surface area contributed by atoms with E-state index in [0.717, 1.165) is 51.4 Å². The SMILES string of the molecule is CCNC(=NCCCN1CCCCCC1)NCCCCn1cnnc1. The third-order valence-electron chi connectivity index (χ3n) is 4.55. The van der Waals surface area contributed by atoms with Crippen molar-refractivity contribution in [2.75, 3.05) is 39.3 Å². The third-order valence-corrected chi connectivity index (χ3v) is 4.55. The molecule has 7 nitrogen and oxygen atoms in total. The first-order valence-electron chi connectivity index (χ1n) is 9.95. The van der Waals surface area contributed by atoms with E-state index in [1.165, 1.54) is 45.3 Å². The van der Waals surface area contributed by atoms with Crippen molar-refractivity contribution in [3.05, 3.63) is 12.7 Å². The summed E-state index contributed by atoms with van der Waals surface area (Å²) < 4.78 is 2.02. The van der Waals surface area contributed by atoms with Crippen molar-refractivity contribution in [3.8, 4) is 0 Å². The highest BCUT2D eigenvalue weighted by atomic mass is 15.2. The minimum Gasteiger partial charge on any atom is -0.357 e. The summed E-state index contributed by atoms with van der Waals surface area (Å²) in [4.78, 5) is 7.32. The van der Waals surface area contributed by atoms with Crippen molar-refractivity contribution in [2.45, 2.75) is 58.4 Å². The molecular weight excluding hydrogens is 314 g/mol. The molecule has 25 heavy (non-hydrogen) atoms. The monoisotopic (exact) mass is 349 g/mol. The van der Waals surface area contributed by atoms with Crippen LogP contribution in [-0.4, -0.2) is 64.9 Å². The molecule has 1 aliphatic heterocycles. The Morgan fingerprint density at radius 1 is 0.960 bits per heavy atom. The first kappa shape index (κ1) is 19.7. The topological polar surface area (TPSA) is 70.4 Å². The summed E-state index contributed by atoms with van der Waals surface area (Å²) in [6, 6.07) is 0. The van der Waals surface area contributed by atoms with Crippen LogP contribution in [0.1, 0.15) is 51.9 Å². The number of aromatic nitrogens is 3. The second-order valence-electron chi connectivity index (χ2n) is 6.70. The number of aryl methyl sites for hydroxylation is 1. The minimum atomic E-state index is 0.895. The van der Waals surface area contributed by atoms with Crippen LogP contribution < -0.4 is 10.6 Å². The highest BCUT2D eigenvalue weighted by Crippen LogP contribution is 2.09. The molecule has 0 bridgehead atoms. The van der Waals surface area contributed by atoms with Crippen LogP contribution in [0.3, 0.4) is 0 Å². The molecule has 2 N–H and O–H groups in total. The maximum atomic E-state index is 4.71. The van der Waals surface area contributed by atoms with Crippen molar-refractivity contribution in [1.29, 1.82) is 0 Å². The highest BCUT2D eigenvalue weighted by molar-refractivity contribution is 5.79. The molecule has 1 aliphatic rings. The number of nitrogens with zero attached hydrogens (tertiary/aromatic N) is 5. The molecule has 0 radical (unpaired) electrons. The van der Waals surface area contributed by atoms with Crippen LogP contribution in [0.2, 0.25) is 0 Å². The Bertz CT molecular complexity index is 450. The van der Waals surface area contributed by atoms with Crippen LogP contribution in [0.15, 0.2) is 17.6 Å². The zero-order valence-electron chi connectivity index (χ0n) is 15.8. The standard InChI is InChI=1S/C18H35N7/c1-2-19-18(20-10-5-8-14-25-16-22-23-17-25)21-11-9-15-24-12-6-3-4-7-13-24/h16-17H,2-15H2,1H3,(H2,19,20,21). The van der Waals surface area contributed by atoms with Gasteiger partial charge in [0.1, 0.15) is 12.7 Å². The van der Waals surface area contributed by atoms with Crippen molar-refractivity contribution < 1.29 is 0 Å². The quantitative estimate of drug-likeness (QED) is 0.383. The number of hydrogen-bond donors (Lipinski definition) is 2. The number of aliphatic imine (C=N–C) groups is 1. The van der Waals surface area contributed by atoms with Gasteiger partial charge in [-0.3, -0.25) is 4.99 Å². The van der Waals surface area contributed by atoms with Crippen LogP contribution in [0.5, 0.6) is 0 Å². The van der Waals surface area contributed by atoms with Gasteiger partial charge < -0.3 is 20.1 Å². The third kappa shape index (κ3) is 8.86. The van der Waals surface area contributed by atoms with Gasteiger partial charge in [-0.15, -0.1) is 10.2 Å². The number of guanidine groups is 1. The van der Waals surface area contributed by atoms with E-state index in [4.69, 9.17) is 4.99 Å². The maximum Gasteiger partial charge on any atom is 0.191 e. The highest BCUT2D eigenvalue weighted by Gasteiger charge is 2.07. The molecule has 142 valence electrons. The zero-order valence-corrected chi connectivity index (χ0v) is 15.8. The van der Waals surface area contributed by atoms with Gasteiger partial charge in [-0.05, 0) is 58.7 Å². The number of hydrogen-bond acceptors (Lipinski definition) is 4. The molecule has 0 aromatic carbocycles. The molecule has 1 fully saturated rings. The van der Waals surface area contributed by atoms with E-state index in [-0.39, 0.29) is 0 Å². The van der Waals surface area contributed by atoms with Crippen LogP contribution >= 0.6 is 0 Å². The van der Waals surface area contributed by atoms with E-state index in [9.17, 15) is 0 Å². The Morgan fingerprint density at radius 3 is 2.44 bits per heavy atom. The van der Waals surface area contributed by atoms with Gasteiger partial charge in [0.15, 0.2) is 5.96 Å². The van der Waals surface area contributed by atoms with E-state index in [1.54, 1.807) is 12.7 Å². The Kier molecular flexibility index (Phi) is 10.00. The normalized spacial score (nSPS) is 16.6. The Hall–Kier alpha value is -1.63. The minimum absolute atomic E-state index is 0.895. The lowest BCUT2D eigenvalue weighted by molar-refractivity contribution is 0.283. The summed E-state index contributed by atoms with van der Waals surface area (Å²) in [6.07, 6.45) is 12.4. The van der Waals surface area contributed by atoms with Gasteiger partial charge in [0, 0.05) is 26.2 Å². The van der Waals surface area contributed by atoms with Gasteiger partial charge in [-0.1, -0.05) is 12.8 Å². The molecule has 7 heteroatoms. The molecule has 1 aromatic rings. The van der Waals surface area contributed by atoms with E-state index in [0.29, 0.717) is 0 Å². The predicted molar refractivity (Wildman–Crippen MR) is 103 cm³/mol. The second-order valence-corrected chi connectivity index (χ2v) is 6.70. The summed E-state index contributed by atoms with van der Waals surface area (Å²) in [5.41, 5.74) is 0. The molecule has 1 saturated heterocycles. The molecule has 0 spiro atoms.